The van der Waals surface area contributed by atoms with Gasteiger partial charge in [0, 0.05) is 24.1 Å². The third-order valence-electron chi connectivity index (χ3n) is 1.99. The van der Waals surface area contributed by atoms with E-state index in [1.165, 1.54) is 7.11 Å². The smallest absolute Gasteiger partial charge is 0.417 e. The number of hydrogen-bond donors (Lipinski definition) is 0. The minimum absolute atomic E-state index is 0.0179. The molecule has 0 spiro atoms. The fourth-order valence-corrected chi connectivity index (χ4v) is 1.17. The van der Waals surface area contributed by atoms with E-state index in [9.17, 15) is 13.2 Å². The van der Waals surface area contributed by atoms with Crippen molar-refractivity contribution in [2.24, 2.45) is 5.11 Å². The van der Waals surface area contributed by atoms with Crippen molar-refractivity contribution in [2.75, 3.05) is 13.7 Å². The number of aromatic nitrogens is 1. The van der Waals surface area contributed by atoms with Crippen LogP contribution in [0.1, 0.15) is 17.5 Å². The molecule has 0 amide bonds. The second-order valence-corrected chi connectivity index (χ2v) is 3.28. The quantitative estimate of drug-likeness (QED) is 0.278. The van der Waals surface area contributed by atoms with E-state index in [0.717, 1.165) is 6.07 Å². The highest BCUT2D eigenvalue weighted by molar-refractivity contribution is 5.44. The Labute approximate surface area is 107 Å². The molecule has 0 aromatic carbocycles. The normalized spacial score (nSPS) is 10.1. The van der Waals surface area contributed by atoms with Gasteiger partial charge in [0.15, 0.2) is 0 Å². The Balaban J connectivity index is 2.99. The zero-order valence-corrected chi connectivity index (χ0v) is 9.90. The number of rotatable bonds is 3. The van der Waals surface area contributed by atoms with Gasteiger partial charge in [-0.05, 0) is 11.6 Å². The maximum atomic E-state index is 12.5. The standard InChI is InChI=1S/C11H9F3N4O/c1-19-10-8(4-2-3-5-17-18-15)6-9(7-16-10)11(12,13)14/h6-7H,3,5H2,1H3. The Bertz CT molecular complexity index is 553. The van der Waals surface area contributed by atoms with Crippen molar-refractivity contribution in [3.63, 3.8) is 0 Å². The topological polar surface area (TPSA) is 70.9 Å². The van der Waals surface area contributed by atoms with Crippen molar-refractivity contribution in [2.45, 2.75) is 12.6 Å². The van der Waals surface area contributed by atoms with E-state index in [1.807, 2.05) is 0 Å². The third kappa shape index (κ3) is 4.41. The highest BCUT2D eigenvalue weighted by atomic mass is 19.4. The second-order valence-electron chi connectivity index (χ2n) is 3.28. The monoisotopic (exact) mass is 270 g/mol. The van der Waals surface area contributed by atoms with Crippen LogP contribution in [0.4, 0.5) is 13.2 Å². The number of pyridine rings is 1. The van der Waals surface area contributed by atoms with E-state index < -0.39 is 11.7 Å². The minimum atomic E-state index is -4.49. The van der Waals surface area contributed by atoms with Gasteiger partial charge in [-0.2, -0.15) is 13.2 Å². The van der Waals surface area contributed by atoms with Crippen molar-refractivity contribution < 1.29 is 17.9 Å². The molecule has 0 fully saturated rings. The molecule has 0 aliphatic carbocycles. The molecule has 0 radical (unpaired) electrons. The molecule has 0 aliphatic rings. The summed E-state index contributed by atoms with van der Waals surface area (Å²) in [7, 11) is 1.29. The molecule has 1 rings (SSSR count). The molecule has 19 heavy (non-hydrogen) atoms. The number of alkyl halides is 3. The molecule has 1 heterocycles. The predicted molar refractivity (Wildman–Crippen MR) is 61.3 cm³/mol. The lowest BCUT2D eigenvalue weighted by Gasteiger charge is -2.08. The van der Waals surface area contributed by atoms with Crippen LogP contribution in [0.2, 0.25) is 0 Å². The van der Waals surface area contributed by atoms with Gasteiger partial charge in [0.2, 0.25) is 5.88 Å². The zero-order chi connectivity index (χ0) is 14.3. The van der Waals surface area contributed by atoms with Gasteiger partial charge in [-0.1, -0.05) is 17.0 Å². The third-order valence-corrected chi connectivity index (χ3v) is 1.99. The molecular formula is C11H9F3N4O. The fourth-order valence-electron chi connectivity index (χ4n) is 1.17. The van der Waals surface area contributed by atoms with Gasteiger partial charge in [0.25, 0.3) is 0 Å². The summed E-state index contributed by atoms with van der Waals surface area (Å²) in [6.45, 7) is 0.151. The van der Waals surface area contributed by atoms with E-state index in [2.05, 4.69) is 26.9 Å². The minimum Gasteiger partial charge on any atom is -0.480 e. The van der Waals surface area contributed by atoms with Crippen LogP contribution in [0.25, 0.3) is 10.4 Å². The average Bonchev–Trinajstić information content (AvgIpc) is 2.37. The number of nitrogens with zero attached hydrogens (tertiary/aromatic N) is 4. The number of halogens is 3. The van der Waals surface area contributed by atoms with Gasteiger partial charge >= 0.3 is 6.18 Å². The molecule has 1 aromatic heterocycles. The lowest BCUT2D eigenvalue weighted by atomic mass is 10.2. The van der Waals surface area contributed by atoms with Crippen LogP contribution in [-0.2, 0) is 6.18 Å². The van der Waals surface area contributed by atoms with Crippen molar-refractivity contribution in [3.05, 3.63) is 33.8 Å². The first-order valence-corrected chi connectivity index (χ1v) is 5.10. The van der Waals surface area contributed by atoms with E-state index >= 15 is 0 Å². The van der Waals surface area contributed by atoms with E-state index in [-0.39, 0.29) is 24.4 Å². The van der Waals surface area contributed by atoms with Crippen LogP contribution >= 0.6 is 0 Å². The number of hydrogen-bond acceptors (Lipinski definition) is 3. The Morgan fingerprint density at radius 1 is 1.53 bits per heavy atom. The first kappa shape index (κ1) is 14.7. The van der Waals surface area contributed by atoms with Crippen LogP contribution in [0.15, 0.2) is 17.4 Å². The SMILES string of the molecule is COc1ncc(C(F)(F)F)cc1C#CCCN=[N+]=[N-]. The molecule has 100 valence electrons. The Kier molecular flexibility index (Phi) is 5.03. The molecule has 0 bridgehead atoms. The second kappa shape index (κ2) is 6.52. The largest absolute Gasteiger partial charge is 0.480 e. The summed E-state index contributed by atoms with van der Waals surface area (Å²) in [6.07, 6.45) is -3.56. The Morgan fingerprint density at radius 3 is 2.84 bits per heavy atom. The summed E-state index contributed by atoms with van der Waals surface area (Å²) < 4.78 is 42.4. The van der Waals surface area contributed by atoms with E-state index in [1.54, 1.807) is 0 Å². The van der Waals surface area contributed by atoms with Gasteiger partial charge in [-0.15, -0.1) is 0 Å². The zero-order valence-electron chi connectivity index (χ0n) is 9.90. The van der Waals surface area contributed by atoms with Gasteiger partial charge < -0.3 is 4.74 Å². The van der Waals surface area contributed by atoms with Gasteiger partial charge in [0.1, 0.15) is 0 Å². The maximum absolute atomic E-state index is 12.5. The summed E-state index contributed by atoms with van der Waals surface area (Å²) >= 11 is 0. The summed E-state index contributed by atoms with van der Waals surface area (Å²) in [4.78, 5) is 6.08. The molecule has 0 atom stereocenters. The van der Waals surface area contributed by atoms with Crippen LogP contribution in [0, 0.1) is 11.8 Å². The van der Waals surface area contributed by atoms with Crippen LogP contribution in [0.5, 0.6) is 5.88 Å². The first-order valence-electron chi connectivity index (χ1n) is 5.10. The number of ether oxygens (including phenoxy) is 1. The van der Waals surface area contributed by atoms with Crippen molar-refractivity contribution in [1.82, 2.24) is 4.98 Å². The van der Waals surface area contributed by atoms with E-state index in [0.29, 0.717) is 6.20 Å². The van der Waals surface area contributed by atoms with Crippen LogP contribution < -0.4 is 4.74 Å². The molecule has 0 unspecified atom stereocenters. The molecule has 0 saturated heterocycles. The number of methoxy groups -OCH3 is 1. The van der Waals surface area contributed by atoms with Crippen molar-refractivity contribution in [3.8, 4) is 17.7 Å². The molecule has 0 aliphatic heterocycles. The van der Waals surface area contributed by atoms with Crippen molar-refractivity contribution >= 4 is 0 Å². The summed E-state index contributed by atoms with van der Waals surface area (Å²) in [6, 6.07) is 0.867. The van der Waals surface area contributed by atoms with Crippen molar-refractivity contribution in [1.29, 1.82) is 0 Å². The molecule has 1 aromatic rings. The lowest BCUT2D eigenvalue weighted by molar-refractivity contribution is -0.137. The first-order chi connectivity index (χ1) is 8.99. The van der Waals surface area contributed by atoms with Gasteiger partial charge in [-0.25, -0.2) is 4.98 Å². The van der Waals surface area contributed by atoms with Crippen LogP contribution in [0.3, 0.4) is 0 Å². The summed E-state index contributed by atoms with van der Waals surface area (Å²) in [5.41, 5.74) is 7.19. The number of azide groups is 1. The Morgan fingerprint density at radius 2 is 2.26 bits per heavy atom. The van der Waals surface area contributed by atoms with E-state index in [4.69, 9.17) is 10.3 Å². The Hall–Kier alpha value is -2.39. The molecule has 5 nitrogen and oxygen atoms in total. The molecule has 0 N–H and O–H groups in total. The van der Waals surface area contributed by atoms with Gasteiger partial charge in [-0.3, -0.25) is 0 Å². The summed E-state index contributed by atoms with van der Waals surface area (Å²) in [5, 5.41) is 3.25. The predicted octanol–water partition coefficient (Wildman–Crippen LogP) is 3.16. The highest BCUT2D eigenvalue weighted by Gasteiger charge is 2.31. The molecular weight excluding hydrogens is 261 g/mol. The highest BCUT2D eigenvalue weighted by Crippen LogP contribution is 2.30. The summed E-state index contributed by atoms with van der Waals surface area (Å²) in [5.74, 6) is 5.12. The maximum Gasteiger partial charge on any atom is 0.417 e. The van der Waals surface area contributed by atoms with Gasteiger partial charge in [0.05, 0.1) is 18.2 Å². The van der Waals surface area contributed by atoms with Crippen LogP contribution in [-0.4, -0.2) is 18.6 Å². The fraction of sp³-hybridized carbons (Fsp3) is 0.364. The molecule has 8 heteroatoms. The lowest BCUT2D eigenvalue weighted by Crippen LogP contribution is -2.06. The molecule has 0 saturated carbocycles. The average molecular weight is 270 g/mol.